The van der Waals surface area contributed by atoms with Gasteiger partial charge in [0.1, 0.15) is 12.6 Å². The van der Waals surface area contributed by atoms with Gasteiger partial charge in [0.05, 0.1) is 20.7 Å². The standard InChI is InChI=1S/C26H34ClN5O6S2/c1-3-18-20(32-14-15-38-17-24(32)33)6-5-7-22(18)40(36,37)29-19(16-28-25(34)21-8-9-23(27)39-21)26(35)31-12-10-30(4-2)11-13-31/h5-9,19,29H,3-4,10-17H2,1-2H3,(H,28,34)/t19-/m0/s1. The average Bonchev–Trinajstić information content (AvgIpc) is 3.40. The Labute approximate surface area is 243 Å². The zero-order valence-electron chi connectivity index (χ0n) is 22.5. The summed E-state index contributed by atoms with van der Waals surface area (Å²) in [5.41, 5.74) is 0.963. The molecule has 2 N–H and O–H groups in total. The summed E-state index contributed by atoms with van der Waals surface area (Å²) in [6.45, 7) is 7.32. The number of hydrogen-bond acceptors (Lipinski definition) is 8. The number of halogens is 1. The van der Waals surface area contributed by atoms with E-state index >= 15 is 0 Å². The maximum Gasteiger partial charge on any atom is 0.261 e. The SMILES string of the molecule is CCc1c(N2CCOCC2=O)cccc1S(=O)(=O)N[C@@H](CNC(=O)c1ccc(Cl)s1)C(=O)N1CCN(CC)CC1. The number of hydrogen-bond donors (Lipinski definition) is 2. The van der Waals surface area contributed by atoms with Gasteiger partial charge in [0.2, 0.25) is 15.9 Å². The van der Waals surface area contributed by atoms with Gasteiger partial charge in [-0.1, -0.05) is 31.5 Å². The number of nitrogens with zero attached hydrogens (tertiary/aromatic N) is 3. The van der Waals surface area contributed by atoms with E-state index in [2.05, 4.69) is 14.9 Å². The van der Waals surface area contributed by atoms with Crippen molar-refractivity contribution in [2.24, 2.45) is 0 Å². The quantitative estimate of drug-likeness (QED) is 0.417. The molecule has 2 aliphatic heterocycles. The van der Waals surface area contributed by atoms with Crippen LogP contribution in [-0.2, 0) is 30.8 Å². The van der Waals surface area contributed by atoms with Crippen molar-refractivity contribution >= 4 is 56.4 Å². The number of carbonyl (C=O) groups is 3. The van der Waals surface area contributed by atoms with Gasteiger partial charge in [-0.15, -0.1) is 11.3 Å². The van der Waals surface area contributed by atoms with Crippen molar-refractivity contribution in [3.05, 3.63) is 45.1 Å². The van der Waals surface area contributed by atoms with E-state index < -0.39 is 27.9 Å². The van der Waals surface area contributed by atoms with E-state index in [-0.39, 0.29) is 24.0 Å². The Bertz CT molecular complexity index is 1340. The van der Waals surface area contributed by atoms with Crippen LogP contribution in [0.5, 0.6) is 0 Å². The fraction of sp³-hybridized carbons (Fsp3) is 0.500. The van der Waals surface area contributed by atoms with Crippen LogP contribution in [0.3, 0.4) is 0 Å². The lowest BCUT2D eigenvalue weighted by Gasteiger charge is -2.36. The largest absolute Gasteiger partial charge is 0.370 e. The Morgan fingerprint density at radius 3 is 2.48 bits per heavy atom. The molecule has 3 heterocycles. The second-order valence-electron chi connectivity index (χ2n) is 9.45. The van der Waals surface area contributed by atoms with Crippen LogP contribution >= 0.6 is 22.9 Å². The lowest BCUT2D eigenvalue weighted by atomic mass is 10.1. The molecular formula is C26H34ClN5O6S2. The second kappa shape index (κ2) is 13.4. The normalized spacial score (nSPS) is 17.6. The van der Waals surface area contributed by atoms with E-state index in [1.165, 1.54) is 11.0 Å². The van der Waals surface area contributed by atoms with Crippen molar-refractivity contribution < 1.29 is 27.5 Å². The highest BCUT2D eigenvalue weighted by molar-refractivity contribution is 7.89. The molecule has 218 valence electrons. The number of benzene rings is 1. The summed E-state index contributed by atoms with van der Waals surface area (Å²) in [6.07, 6.45) is 0.338. The van der Waals surface area contributed by atoms with Gasteiger partial charge in [-0.3, -0.25) is 14.4 Å². The number of ether oxygens (including phenoxy) is 1. The van der Waals surface area contributed by atoms with Gasteiger partial charge >= 0.3 is 0 Å². The molecular weight excluding hydrogens is 578 g/mol. The first-order chi connectivity index (χ1) is 19.1. The number of rotatable bonds is 10. The number of likely N-dealkylation sites (N-methyl/N-ethyl adjacent to an activating group) is 1. The molecule has 3 amide bonds. The van der Waals surface area contributed by atoms with Crippen molar-refractivity contribution in [1.29, 1.82) is 0 Å². The first-order valence-corrected chi connectivity index (χ1v) is 15.9. The molecule has 1 aromatic heterocycles. The van der Waals surface area contributed by atoms with Crippen LogP contribution in [0.15, 0.2) is 35.2 Å². The third kappa shape index (κ3) is 7.01. The van der Waals surface area contributed by atoms with Crippen molar-refractivity contribution in [3.63, 3.8) is 0 Å². The molecule has 14 heteroatoms. The zero-order valence-corrected chi connectivity index (χ0v) is 24.9. The van der Waals surface area contributed by atoms with Crippen LogP contribution in [0.4, 0.5) is 5.69 Å². The molecule has 0 aliphatic carbocycles. The minimum Gasteiger partial charge on any atom is -0.370 e. The molecule has 0 saturated carbocycles. The molecule has 0 unspecified atom stereocenters. The molecule has 0 radical (unpaired) electrons. The molecule has 11 nitrogen and oxygen atoms in total. The van der Waals surface area contributed by atoms with E-state index in [9.17, 15) is 22.8 Å². The van der Waals surface area contributed by atoms with Gasteiger partial charge in [0.15, 0.2) is 0 Å². The Kier molecular flexibility index (Phi) is 10.2. The number of piperazine rings is 1. The van der Waals surface area contributed by atoms with E-state index in [4.69, 9.17) is 16.3 Å². The molecule has 1 atom stereocenters. The summed E-state index contributed by atoms with van der Waals surface area (Å²) in [5.74, 6) is -1.12. The Balaban J connectivity index is 1.60. The van der Waals surface area contributed by atoms with Gasteiger partial charge in [-0.25, -0.2) is 8.42 Å². The number of nitrogens with one attached hydrogen (secondary N) is 2. The van der Waals surface area contributed by atoms with Crippen LogP contribution in [-0.4, -0.2) is 101 Å². The van der Waals surface area contributed by atoms with E-state index in [0.717, 1.165) is 17.9 Å². The van der Waals surface area contributed by atoms with Crippen molar-refractivity contribution in [2.75, 3.05) is 63.9 Å². The first kappa shape index (κ1) is 30.4. The van der Waals surface area contributed by atoms with Crippen LogP contribution in [0.25, 0.3) is 0 Å². The number of morpholine rings is 1. The predicted molar refractivity (Wildman–Crippen MR) is 153 cm³/mol. The fourth-order valence-electron chi connectivity index (χ4n) is 4.84. The van der Waals surface area contributed by atoms with Gasteiger partial charge < -0.3 is 24.8 Å². The average molecular weight is 612 g/mol. The monoisotopic (exact) mass is 611 g/mol. The number of sulfonamides is 1. The third-order valence-corrected chi connectivity index (χ3v) is 9.80. The summed E-state index contributed by atoms with van der Waals surface area (Å²) in [5, 5.41) is 2.69. The summed E-state index contributed by atoms with van der Waals surface area (Å²) in [4.78, 5) is 44.5. The number of thiophene rings is 1. The molecule has 0 bridgehead atoms. The molecule has 0 spiro atoms. The number of anilines is 1. The molecule has 2 saturated heterocycles. The van der Waals surface area contributed by atoms with Crippen molar-refractivity contribution in [1.82, 2.24) is 19.8 Å². The van der Waals surface area contributed by atoms with Gasteiger partial charge in [-0.05, 0) is 42.8 Å². The minimum absolute atomic E-state index is 0.0169. The molecule has 2 aromatic rings. The Hall–Kier alpha value is -2.55. The van der Waals surface area contributed by atoms with Crippen LogP contribution < -0.4 is 14.9 Å². The molecule has 1 aromatic carbocycles. The van der Waals surface area contributed by atoms with Gasteiger partial charge in [0, 0.05) is 45.0 Å². The smallest absolute Gasteiger partial charge is 0.261 e. The van der Waals surface area contributed by atoms with Crippen LogP contribution in [0.1, 0.15) is 29.1 Å². The number of carbonyl (C=O) groups excluding carboxylic acids is 3. The Morgan fingerprint density at radius 2 is 1.85 bits per heavy atom. The van der Waals surface area contributed by atoms with E-state index in [0.29, 0.717) is 66.2 Å². The first-order valence-electron chi connectivity index (χ1n) is 13.2. The van der Waals surface area contributed by atoms with Gasteiger partial charge in [0.25, 0.3) is 11.8 Å². The molecule has 2 aliphatic rings. The maximum atomic E-state index is 13.8. The topological polar surface area (TPSA) is 128 Å². The highest BCUT2D eigenvalue weighted by Crippen LogP contribution is 2.29. The highest BCUT2D eigenvalue weighted by atomic mass is 35.5. The van der Waals surface area contributed by atoms with Gasteiger partial charge in [-0.2, -0.15) is 4.72 Å². The van der Waals surface area contributed by atoms with Crippen LogP contribution in [0.2, 0.25) is 4.34 Å². The van der Waals surface area contributed by atoms with Crippen LogP contribution in [0, 0.1) is 0 Å². The zero-order chi connectivity index (χ0) is 28.9. The highest BCUT2D eigenvalue weighted by Gasteiger charge is 2.33. The lowest BCUT2D eigenvalue weighted by molar-refractivity contribution is -0.134. The van der Waals surface area contributed by atoms with Crippen molar-refractivity contribution in [2.45, 2.75) is 31.2 Å². The molecule has 2 fully saturated rings. The fourth-order valence-corrected chi connectivity index (χ4v) is 7.32. The summed E-state index contributed by atoms with van der Waals surface area (Å²) < 4.78 is 35.8. The van der Waals surface area contributed by atoms with E-state index in [1.807, 2.05) is 13.8 Å². The van der Waals surface area contributed by atoms with E-state index in [1.54, 1.807) is 29.2 Å². The minimum atomic E-state index is -4.24. The Morgan fingerprint density at radius 1 is 1.10 bits per heavy atom. The summed E-state index contributed by atoms with van der Waals surface area (Å²) in [6, 6.07) is 6.68. The van der Waals surface area contributed by atoms with Crippen molar-refractivity contribution in [3.8, 4) is 0 Å². The number of amides is 3. The molecule has 4 rings (SSSR count). The second-order valence-corrected chi connectivity index (χ2v) is 12.9. The maximum absolute atomic E-state index is 13.8. The summed E-state index contributed by atoms with van der Waals surface area (Å²) >= 11 is 7.04. The third-order valence-electron chi connectivity index (χ3n) is 7.02. The summed E-state index contributed by atoms with van der Waals surface area (Å²) in [7, 11) is -4.24. The predicted octanol–water partition coefficient (Wildman–Crippen LogP) is 1.57. The molecule has 40 heavy (non-hydrogen) atoms. The lowest BCUT2D eigenvalue weighted by Crippen LogP contribution is -2.57.